The number of nitrogens with zero attached hydrogens (tertiary/aromatic N) is 1. The van der Waals surface area contributed by atoms with Gasteiger partial charge in [-0.25, -0.2) is 0 Å². The Bertz CT molecular complexity index is 201. The van der Waals surface area contributed by atoms with E-state index < -0.39 is 0 Å². The first kappa shape index (κ1) is 12.4. The Kier molecular flexibility index (Phi) is 4.66. The topological polar surface area (TPSA) is 15.3 Å². The summed E-state index contributed by atoms with van der Waals surface area (Å²) in [5, 5.41) is 3.69. The summed E-state index contributed by atoms with van der Waals surface area (Å²) in [6.07, 6.45) is 8.52. The highest BCUT2D eigenvalue weighted by Gasteiger charge is 2.27. The third-order valence-corrected chi connectivity index (χ3v) is 4.41. The van der Waals surface area contributed by atoms with Crippen LogP contribution in [0, 0.1) is 5.92 Å². The number of hydrogen-bond donors (Lipinski definition) is 1. The van der Waals surface area contributed by atoms with Gasteiger partial charge in [-0.2, -0.15) is 0 Å². The van der Waals surface area contributed by atoms with Crippen LogP contribution in [-0.2, 0) is 0 Å². The second-order valence-corrected chi connectivity index (χ2v) is 5.67. The van der Waals surface area contributed by atoms with Crippen molar-refractivity contribution < 1.29 is 0 Å². The second kappa shape index (κ2) is 6.02. The van der Waals surface area contributed by atoms with Crippen LogP contribution in [0.4, 0.5) is 0 Å². The molecule has 2 aliphatic rings. The van der Waals surface area contributed by atoms with Crippen molar-refractivity contribution in [2.24, 2.45) is 5.92 Å². The van der Waals surface area contributed by atoms with Crippen LogP contribution >= 0.6 is 0 Å². The lowest BCUT2D eigenvalue weighted by molar-refractivity contribution is 0.143. The molecule has 2 fully saturated rings. The summed E-state index contributed by atoms with van der Waals surface area (Å²) in [6, 6.07) is 1.62. The normalized spacial score (nSPS) is 29.2. The highest BCUT2D eigenvalue weighted by atomic mass is 15.2. The maximum atomic E-state index is 3.69. The Labute approximate surface area is 101 Å². The Balaban J connectivity index is 1.63. The predicted octanol–water partition coefficient (Wildman–Crippen LogP) is 2.64. The summed E-state index contributed by atoms with van der Waals surface area (Å²) in [7, 11) is 0. The number of hydrogen-bond acceptors (Lipinski definition) is 2. The molecule has 1 saturated heterocycles. The molecule has 0 spiro atoms. The fourth-order valence-electron chi connectivity index (χ4n) is 3.02. The summed E-state index contributed by atoms with van der Waals surface area (Å²) in [5.74, 6) is 0.989. The molecule has 2 unspecified atom stereocenters. The molecular formula is C14H28N2. The zero-order chi connectivity index (χ0) is 11.4. The van der Waals surface area contributed by atoms with Gasteiger partial charge in [-0.1, -0.05) is 13.3 Å². The van der Waals surface area contributed by atoms with Crippen LogP contribution in [0.3, 0.4) is 0 Å². The van der Waals surface area contributed by atoms with Gasteiger partial charge in [-0.15, -0.1) is 0 Å². The lowest BCUT2D eigenvalue weighted by Gasteiger charge is -2.35. The fourth-order valence-corrected chi connectivity index (χ4v) is 3.02. The van der Waals surface area contributed by atoms with Crippen LogP contribution in [0.5, 0.6) is 0 Å². The van der Waals surface area contributed by atoms with E-state index in [-0.39, 0.29) is 0 Å². The van der Waals surface area contributed by atoms with E-state index in [1.807, 2.05) is 0 Å². The average molecular weight is 224 g/mol. The molecule has 2 nitrogen and oxygen atoms in total. The van der Waals surface area contributed by atoms with Crippen molar-refractivity contribution in [3.63, 3.8) is 0 Å². The van der Waals surface area contributed by atoms with Gasteiger partial charge in [-0.05, 0) is 51.5 Å². The van der Waals surface area contributed by atoms with E-state index in [1.54, 1.807) is 0 Å². The minimum absolute atomic E-state index is 0.755. The Morgan fingerprint density at radius 2 is 2.06 bits per heavy atom. The molecule has 1 aliphatic carbocycles. The monoisotopic (exact) mass is 224 g/mol. The maximum absolute atomic E-state index is 3.69. The summed E-state index contributed by atoms with van der Waals surface area (Å²) >= 11 is 0. The molecule has 1 saturated carbocycles. The molecule has 16 heavy (non-hydrogen) atoms. The molecule has 0 bridgehead atoms. The summed E-state index contributed by atoms with van der Waals surface area (Å²) in [5.41, 5.74) is 0. The zero-order valence-electron chi connectivity index (χ0n) is 11.0. The second-order valence-electron chi connectivity index (χ2n) is 5.67. The minimum atomic E-state index is 0.755. The lowest BCUT2D eigenvalue weighted by atomic mass is 10.0. The molecule has 2 heteroatoms. The molecule has 0 amide bonds. The van der Waals surface area contributed by atoms with Gasteiger partial charge in [0.1, 0.15) is 0 Å². The van der Waals surface area contributed by atoms with Crippen LogP contribution in [0.2, 0.25) is 0 Å². The summed E-state index contributed by atoms with van der Waals surface area (Å²) in [4.78, 5) is 2.70. The predicted molar refractivity (Wildman–Crippen MR) is 69.7 cm³/mol. The van der Waals surface area contributed by atoms with E-state index in [0.717, 1.165) is 18.0 Å². The molecule has 0 aromatic heterocycles. The van der Waals surface area contributed by atoms with Crippen LogP contribution in [-0.4, -0.2) is 36.6 Å². The third-order valence-electron chi connectivity index (χ3n) is 4.41. The van der Waals surface area contributed by atoms with Gasteiger partial charge in [0.2, 0.25) is 0 Å². The molecular weight excluding hydrogens is 196 g/mol. The van der Waals surface area contributed by atoms with E-state index in [9.17, 15) is 0 Å². The fraction of sp³-hybridized carbons (Fsp3) is 1.00. The lowest BCUT2D eigenvalue weighted by Crippen LogP contribution is -2.44. The highest BCUT2D eigenvalue weighted by Crippen LogP contribution is 2.32. The molecule has 1 heterocycles. The Morgan fingerprint density at radius 1 is 1.25 bits per heavy atom. The Morgan fingerprint density at radius 3 is 2.75 bits per heavy atom. The van der Waals surface area contributed by atoms with Crippen LogP contribution in [0.15, 0.2) is 0 Å². The van der Waals surface area contributed by atoms with Gasteiger partial charge in [0.25, 0.3) is 0 Å². The van der Waals surface area contributed by atoms with Crippen molar-refractivity contribution in [2.75, 3.05) is 19.6 Å². The van der Waals surface area contributed by atoms with E-state index >= 15 is 0 Å². The third kappa shape index (κ3) is 3.46. The van der Waals surface area contributed by atoms with Crippen molar-refractivity contribution in [1.82, 2.24) is 10.2 Å². The van der Waals surface area contributed by atoms with Crippen LogP contribution in [0.25, 0.3) is 0 Å². The van der Waals surface area contributed by atoms with Gasteiger partial charge in [0.15, 0.2) is 0 Å². The van der Waals surface area contributed by atoms with Crippen LogP contribution in [0.1, 0.15) is 52.4 Å². The highest BCUT2D eigenvalue weighted by molar-refractivity contribution is 4.84. The SMILES string of the molecule is CCC1CCCCN1CCNC(C)C1CC1. The molecule has 94 valence electrons. The number of likely N-dealkylation sites (tertiary alicyclic amines) is 1. The smallest absolute Gasteiger partial charge is 0.0110 e. The quantitative estimate of drug-likeness (QED) is 0.746. The van der Waals surface area contributed by atoms with E-state index in [0.29, 0.717) is 0 Å². The first-order valence-electron chi connectivity index (χ1n) is 7.28. The first-order valence-corrected chi connectivity index (χ1v) is 7.28. The van der Waals surface area contributed by atoms with E-state index in [1.165, 1.54) is 58.2 Å². The summed E-state index contributed by atoms with van der Waals surface area (Å²) in [6.45, 7) is 8.47. The Hall–Kier alpha value is -0.0800. The standard InChI is InChI=1S/C14H28N2/c1-3-14-6-4-5-10-16(14)11-9-15-12(2)13-7-8-13/h12-15H,3-11H2,1-2H3. The average Bonchev–Trinajstić information content (AvgIpc) is 3.13. The van der Waals surface area contributed by atoms with Crippen molar-refractivity contribution >= 4 is 0 Å². The number of piperidine rings is 1. The molecule has 0 radical (unpaired) electrons. The molecule has 2 rings (SSSR count). The summed E-state index contributed by atoms with van der Waals surface area (Å²) < 4.78 is 0. The van der Waals surface area contributed by atoms with Crippen molar-refractivity contribution in [3.8, 4) is 0 Å². The maximum Gasteiger partial charge on any atom is 0.0110 e. The van der Waals surface area contributed by atoms with Gasteiger partial charge in [-0.3, -0.25) is 4.90 Å². The van der Waals surface area contributed by atoms with Crippen molar-refractivity contribution in [1.29, 1.82) is 0 Å². The van der Waals surface area contributed by atoms with Gasteiger partial charge in [0, 0.05) is 25.2 Å². The van der Waals surface area contributed by atoms with Crippen LogP contribution < -0.4 is 5.32 Å². The van der Waals surface area contributed by atoms with Crippen molar-refractivity contribution in [3.05, 3.63) is 0 Å². The largest absolute Gasteiger partial charge is 0.313 e. The van der Waals surface area contributed by atoms with E-state index in [2.05, 4.69) is 24.1 Å². The van der Waals surface area contributed by atoms with Gasteiger partial charge >= 0.3 is 0 Å². The molecule has 1 N–H and O–H groups in total. The molecule has 2 atom stereocenters. The van der Waals surface area contributed by atoms with Gasteiger partial charge in [0.05, 0.1) is 0 Å². The number of nitrogens with one attached hydrogen (secondary N) is 1. The molecule has 1 aliphatic heterocycles. The molecule has 0 aromatic carbocycles. The number of rotatable bonds is 6. The van der Waals surface area contributed by atoms with Gasteiger partial charge < -0.3 is 5.32 Å². The molecule has 0 aromatic rings. The first-order chi connectivity index (χ1) is 7.81. The van der Waals surface area contributed by atoms with Crippen molar-refractivity contribution in [2.45, 2.75) is 64.5 Å². The van der Waals surface area contributed by atoms with E-state index in [4.69, 9.17) is 0 Å². The minimum Gasteiger partial charge on any atom is -0.313 e. The zero-order valence-corrected chi connectivity index (χ0v) is 11.0.